The Morgan fingerprint density at radius 1 is 1.27 bits per heavy atom. The van der Waals surface area contributed by atoms with Gasteiger partial charge < -0.3 is 19.4 Å². The zero-order chi connectivity index (χ0) is 24.2. The Morgan fingerprint density at radius 2 is 2.03 bits per heavy atom. The van der Waals surface area contributed by atoms with Crippen LogP contribution in [-0.2, 0) is 19.4 Å². The summed E-state index contributed by atoms with van der Waals surface area (Å²) in [5.74, 6) is -1.51. The van der Waals surface area contributed by atoms with E-state index in [2.05, 4.69) is 5.32 Å². The van der Waals surface area contributed by atoms with E-state index in [1.165, 1.54) is 23.3 Å². The van der Waals surface area contributed by atoms with Crippen molar-refractivity contribution < 1.29 is 32.0 Å². The van der Waals surface area contributed by atoms with Crippen molar-refractivity contribution in [3.05, 3.63) is 53.5 Å². The summed E-state index contributed by atoms with van der Waals surface area (Å²) in [6.07, 6.45) is 2.41. The van der Waals surface area contributed by atoms with Crippen LogP contribution in [0.25, 0.3) is 0 Å². The van der Waals surface area contributed by atoms with E-state index in [0.717, 1.165) is 5.56 Å². The summed E-state index contributed by atoms with van der Waals surface area (Å²) in [5.41, 5.74) is 1.31. The van der Waals surface area contributed by atoms with Crippen LogP contribution in [-0.4, -0.2) is 61.3 Å². The highest BCUT2D eigenvalue weighted by molar-refractivity contribution is 7.91. The summed E-state index contributed by atoms with van der Waals surface area (Å²) < 4.78 is 34.1. The summed E-state index contributed by atoms with van der Waals surface area (Å²) >= 11 is 0. The van der Waals surface area contributed by atoms with Gasteiger partial charge in [-0.05, 0) is 56.5 Å². The van der Waals surface area contributed by atoms with Gasteiger partial charge in [0.1, 0.15) is 0 Å². The molecule has 0 aliphatic carbocycles. The van der Waals surface area contributed by atoms with Crippen LogP contribution >= 0.6 is 0 Å². The van der Waals surface area contributed by atoms with Gasteiger partial charge in [0.05, 0.1) is 23.3 Å². The highest BCUT2D eigenvalue weighted by Crippen LogP contribution is 2.22. The zero-order valence-corrected chi connectivity index (χ0v) is 19.7. The van der Waals surface area contributed by atoms with Crippen LogP contribution < -0.4 is 5.32 Å². The number of anilines is 1. The van der Waals surface area contributed by atoms with Gasteiger partial charge in [0.2, 0.25) is 0 Å². The molecule has 2 amide bonds. The second-order valence-electron chi connectivity index (χ2n) is 8.15. The molecule has 33 heavy (non-hydrogen) atoms. The first-order valence-electron chi connectivity index (χ1n) is 10.8. The van der Waals surface area contributed by atoms with Crippen LogP contribution in [0.3, 0.4) is 0 Å². The molecule has 1 aliphatic heterocycles. The topological polar surface area (TPSA) is 123 Å². The van der Waals surface area contributed by atoms with E-state index in [0.29, 0.717) is 18.5 Å². The standard InChI is InChI=1S/C23H28N2O7S/c1-4-16(3)25(18-9-11-33(29,30)14-18)21(26)13-32-23(28)17-8-7-15(2)19(12-17)24-22(27)20-6-5-10-31-20/h5-8,10,12,16,18H,4,9,11,13-14H2,1-3H3,(H,24,27)/t16-,18-/m1/s1. The average molecular weight is 477 g/mol. The van der Waals surface area contributed by atoms with Gasteiger partial charge in [-0.2, -0.15) is 0 Å². The molecule has 1 saturated heterocycles. The number of aryl methyl sites for hydroxylation is 1. The van der Waals surface area contributed by atoms with Crippen LogP contribution in [0.4, 0.5) is 5.69 Å². The average Bonchev–Trinajstić information content (AvgIpc) is 3.43. The molecule has 3 rings (SSSR count). The fourth-order valence-electron chi connectivity index (χ4n) is 3.76. The van der Waals surface area contributed by atoms with Crippen molar-refractivity contribution >= 4 is 33.3 Å². The predicted molar refractivity (Wildman–Crippen MR) is 122 cm³/mol. The van der Waals surface area contributed by atoms with E-state index in [-0.39, 0.29) is 28.9 Å². The molecule has 0 saturated carbocycles. The number of esters is 1. The molecule has 2 atom stereocenters. The molecule has 10 heteroatoms. The Labute approximate surface area is 193 Å². The Kier molecular flexibility index (Phi) is 7.57. The van der Waals surface area contributed by atoms with Gasteiger partial charge in [-0.25, -0.2) is 13.2 Å². The molecular weight excluding hydrogens is 448 g/mol. The third-order valence-corrected chi connectivity index (χ3v) is 7.50. The predicted octanol–water partition coefficient (Wildman–Crippen LogP) is 2.81. The number of ether oxygens (including phenoxy) is 1. The molecule has 1 N–H and O–H groups in total. The number of carbonyl (C=O) groups excluding carboxylic acids is 3. The summed E-state index contributed by atoms with van der Waals surface area (Å²) in [6, 6.07) is 7.18. The van der Waals surface area contributed by atoms with E-state index in [9.17, 15) is 22.8 Å². The highest BCUT2D eigenvalue weighted by Gasteiger charge is 2.36. The number of carbonyl (C=O) groups is 3. The molecule has 9 nitrogen and oxygen atoms in total. The van der Waals surface area contributed by atoms with Gasteiger partial charge in [-0.15, -0.1) is 0 Å². The normalized spacial score (nSPS) is 17.8. The van der Waals surface area contributed by atoms with Crippen molar-refractivity contribution in [2.24, 2.45) is 0 Å². The Bertz CT molecular complexity index is 1130. The lowest BCUT2D eigenvalue weighted by molar-refractivity contribution is -0.138. The zero-order valence-electron chi connectivity index (χ0n) is 18.9. The molecule has 1 aliphatic rings. The van der Waals surface area contributed by atoms with Crippen molar-refractivity contribution in [1.29, 1.82) is 0 Å². The van der Waals surface area contributed by atoms with Gasteiger partial charge in [-0.1, -0.05) is 13.0 Å². The number of benzene rings is 1. The number of sulfone groups is 1. The van der Waals surface area contributed by atoms with Crippen molar-refractivity contribution in [3.63, 3.8) is 0 Å². The largest absolute Gasteiger partial charge is 0.459 e. The lowest BCUT2D eigenvalue weighted by Gasteiger charge is -2.33. The van der Waals surface area contributed by atoms with Crippen molar-refractivity contribution in [1.82, 2.24) is 4.90 Å². The molecule has 0 radical (unpaired) electrons. The molecule has 2 aromatic rings. The van der Waals surface area contributed by atoms with E-state index in [1.54, 1.807) is 25.1 Å². The van der Waals surface area contributed by atoms with Crippen LogP contribution in [0.2, 0.25) is 0 Å². The van der Waals surface area contributed by atoms with E-state index in [1.807, 2.05) is 13.8 Å². The van der Waals surface area contributed by atoms with Gasteiger partial charge >= 0.3 is 5.97 Å². The summed E-state index contributed by atoms with van der Waals surface area (Å²) in [6.45, 7) is 5.03. The second-order valence-corrected chi connectivity index (χ2v) is 10.4. The SMILES string of the molecule is CC[C@@H](C)N(C(=O)COC(=O)c1ccc(C)c(NC(=O)c2ccco2)c1)[C@@H]1CCS(=O)(=O)C1. The first kappa shape index (κ1) is 24.5. The molecule has 1 aromatic carbocycles. The fraction of sp³-hybridized carbons (Fsp3) is 0.435. The van der Waals surface area contributed by atoms with Crippen molar-refractivity contribution in [3.8, 4) is 0 Å². The Hall–Kier alpha value is -3.14. The molecule has 0 bridgehead atoms. The summed E-state index contributed by atoms with van der Waals surface area (Å²) in [7, 11) is -3.17. The molecular formula is C23H28N2O7S. The molecule has 1 aromatic heterocycles. The number of nitrogens with zero attached hydrogens (tertiary/aromatic N) is 1. The third kappa shape index (κ3) is 6.01. The van der Waals surface area contributed by atoms with Crippen LogP contribution in [0.5, 0.6) is 0 Å². The van der Waals surface area contributed by atoms with Crippen LogP contribution in [0, 0.1) is 6.92 Å². The molecule has 2 heterocycles. The van der Waals surface area contributed by atoms with Crippen molar-refractivity contribution in [2.45, 2.75) is 45.7 Å². The lowest BCUT2D eigenvalue weighted by atomic mass is 10.1. The van der Waals surface area contributed by atoms with Gasteiger partial charge in [0.15, 0.2) is 22.2 Å². The lowest BCUT2D eigenvalue weighted by Crippen LogP contribution is -2.48. The number of nitrogens with one attached hydrogen (secondary N) is 1. The minimum atomic E-state index is -3.17. The van der Waals surface area contributed by atoms with E-state index in [4.69, 9.17) is 9.15 Å². The van der Waals surface area contributed by atoms with E-state index >= 15 is 0 Å². The van der Waals surface area contributed by atoms with Gasteiger partial charge in [0, 0.05) is 17.8 Å². The second kappa shape index (κ2) is 10.2. The minimum absolute atomic E-state index is 0.0491. The summed E-state index contributed by atoms with van der Waals surface area (Å²) in [4.78, 5) is 39.2. The van der Waals surface area contributed by atoms with E-state index < -0.39 is 40.3 Å². The van der Waals surface area contributed by atoms with Gasteiger partial charge in [0.25, 0.3) is 11.8 Å². The molecule has 1 fully saturated rings. The quantitative estimate of drug-likeness (QED) is 0.581. The monoisotopic (exact) mass is 476 g/mol. The summed E-state index contributed by atoms with van der Waals surface area (Å²) in [5, 5.41) is 2.69. The first-order valence-corrected chi connectivity index (χ1v) is 12.6. The number of amides is 2. The van der Waals surface area contributed by atoms with Crippen molar-refractivity contribution in [2.75, 3.05) is 23.4 Å². The number of furan rings is 1. The minimum Gasteiger partial charge on any atom is -0.459 e. The number of hydrogen-bond acceptors (Lipinski definition) is 7. The molecule has 178 valence electrons. The Morgan fingerprint density at radius 3 is 2.64 bits per heavy atom. The van der Waals surface area contributed by atoms with Crippen LogP contribution in [0.1, 0.15) is 53.2 Å². The molecule has 0 spiro atoms. The maximum absolute atomic E-state index is 12.9. The number of hydrogen-bond donors (Lipinski definition) is 1. The smallest absolute Gasteiger partial charge is 0.338 e. The maximum Gasteiger partial charge on any atom is 0.338 e. The fourth-order valence-corrected chi connectivity index (χ4v) is 5.47. The Balaban J connectivity index is 1.66. The number of rotatable bonds is 8. The highest BCUT2D eigenvalue weighted by atomic mass is 32.2. The maximum atomic E-state index is 12.9. The van der Waals surface area contributed by atoms with Gasteiger partial charge in [-0.3, -0.25) is 9.59 Å². The third-order valence-electron chi connectivity index (χ3n) is 5.75. The first-order chi connectivity index (χ1) is 15.6. The van der Waals surface area contributed by atoms with Crippen LogP contribution in [0.15, 0.2) is 41.0 Å². The molecule has 0 unspecified atom stereocenters.